The Hall–Kier alpha value is -2.24. The molecule has 0 unspecified atom stereocenters. The summed E-state index contributed by atoms with van der Waals surface area (Å²) in [6.07, 6.45) is -0.985. The van der Waals surface area contributed by atoms with Gasteiger partial charge in [0.15, 0.2) is 6.10 Å². The summed E-state index contributed by atoms with van der Waals surface area (Å²) >= 11 is 12.0. The van der Waals surface area contributed by atoms with Gasteiger partial charge in [0.05, 0.1) is 13.2 Å². The molecule has 2 rings (SSSR count). The van der Waals surface area contributed by atoms with E-state index in [1.165, 1.54) is 14.0 Å². The van der Waals surface area contributed by atoms with Gasteiger partial charge in [-0.1, -0.05) is 41.4 Å². The SMILES string of the molecule is COc1ccccc1C(=O)O[C@H](C)C(=O)N[C@@H](C)c1ccc(Cl)cc1Cl. The molecule has 5 nitrogen and oxygen atoms in total. The minimum Gasteiger partial charge on any atom is -0.496 e. The number of amides is 1. The van der Waals surface area contributed by atoms with Crippen LogP contribution in [-0.2, 0) is 9.53 Å². The average molecular weight is 396 g/mol. The predicted octanol–water partition coefficient (Wildman–Crippen LogP) is 4.42. The number of hydrogen-bond donors (Lipinski definition) is 1. The number of nitrogens with one attached hydrogen (secondary N) is 1. The van der Waals surface area contributed by atoms with Crippen LogP contribution in [0.15, 0.2) is 42.5 Å². The summed E-state index contributed by atoms with van der Waals surface area (Å²) < 4.78 is 10.4. The fourth-order valence-corrected chi connectivity index (χ4v) is 2.92. The van der Waals surface area contributed by atoms with Crippen LogP contribution in [0.25, 0.3) is 0 Å². The van der Waals surface area contributed by atoms with Crippen LogP contribution >= 0.6 is 23.2 Å². The van der Waals surface area contributed by atoms with Crippen molar-refractivity contribution in [2.45, 2.75) is 26.0 Å². The Morgan fingerprint density at radius 2 is 1.77 bits per heavy atom. The van der Waals surface area contributed by atoms with Gasteiger partial charge in [0.25, 0.3) is 5.91 Å². The molecule has 0 aliphatic carbocycles. The molecule has 7 heteroatoms. The first kappa shape index (κ1) is 20.1. The Morgan fingerprint density at radius 3 is 2.42 bits per heavy atom. The summed E-state index contributed by atoms with van der Waals surface area (Å²) in [7, 11) is 1.46. The average Bonchev–Trinajstić information content (AvgIpc) is 2.61. The monoisotopic (exact) mass is 395 g/mol. The Bertz CT molecular complexity index is 810. The molecule has 0 aliphatic rings. The molecule has 0 aromatic heterocycles. The highest BCUT2D eigenvalue weighted by atomic mass is 35.5. The third-order valence-corrected chi connectivity index (χ3v) is 4.33. The maximum Gasteiger partial charge on any atom is 0.342 e. The van der Waals surface area contributed by atoms with E-state index in [0.29, 0.717) is 21.4 Å². The van der Waals surface area contributed by atoms with Gasteiger partial charge in [-0.2, -0.15) is 0 Å². The largest absolute Gasteiger partial charge is 0.496 e. The molecular formula is C19H19Cl2NO4. The standard InChI is InChI=1S/C19H19Cl2NO4/c1-11(14-9-8-13(20)10-16(14)21)22-18(23)12(2)26-19(24)15-6-4-5-7-17(15)25-3/h4-12H,1-3H3,(H,22,23)/t11-,12+/m0/s1. The third kappa shape index (κ3) is 4.90. The van der Waals surface area contributed by atoms with Crippen LogP contribution in [0.3, 0.4) is 0 Å². The molecule has 0 spiro atoms. The fourth-order valence-electron chi connectivity index (χ4n) is 2.35. The number of halogens is 2. The second-order valence-electron chi connectivity index (χ2n) is 5.64. The topological polar surface area (TPSA) is 64.6 Å². The number of carbonyl (C=O) groups is 2. The van der Waals surface area contributed by atoms with E-state index in [4.69, 9.17) is 32.7 Å². The number of carbonyl (C=O) groups excluding carboxylic acids is 2. The lowest BCUT2D eigenvalue weighted by atomic mass is 10.1. The van der Waals surface area contributed by atoms with E-state index in [1.807, 2.05) is 0 Å². The minimum absolute atomic E-state index is 0.253. The van der Waals surface area contributed by atoms with Crippen molar-refractivity contribution in [2.24, 2.45) is 0 Å². The number of ether oxygens (including phenoxy) is 2. The molecule has 0 aliphatic heterocycles. The molecular weight excluding hydrogens is 377 g/mol. The van der Waals surface area contributed by atoms with Crippen LogP contribution in [0.5, 0.6) is 5.75 Å². The third-order valence-electron chi connectivity index (χ3n) is 3.77. The molecule has 0 saturated heterocycles. The predicted molar refractivity (Wildman–Crippen MR) is 101 cm³/mol. The van der Waals surface area contributed by atoms with Crippen LogP contribution in [-0.4, -0.2) is 25.1 Å². The summed E-state index contributed by atoms with van der Waals surface area (Å²) in [5.74, 6) is -0.694. The maximum atomic E-state index is 12.3. The van der Waals surface area contributed by atoms with E-state index >= 15 is 0 Å². The molecule has 0 heterocycles. The summed E-state index contributed by atoms with van der Waals surface area (Å²) in [6.45, 7) is 3.28. The van der Waals surface area contributed by atoms with Crippen LogP contribution in [0.1, 0.15) is 35.8 Å². The lowest BCUT2D eigenvalue weighted by Gasteiger charge is -2.19. The first-order valence-electron chi connectivity index (χ1n) is 7.92. The van der Waals surface area contributed by atoms with Crippen molar-refractivity contribution in [3.63, 3.8) is 0 Å². The van der Waals surface area contributed by atoms with Gasteiger partial charge in [0.2, 0.25) is 0 Å². The van der Waals surface area contributed by atoms with E-state index in [0.717, 1.165) is 0 Å². The van der Waals surface area contributed by atoms with Crippen molar-refractivity contribution >= 4 is 35.1 Å². The first-order chi connectivity index (χ1) is 12.3. The minimum atomic E-state index is -0.985. The highest BCUT2D eigenvalue weighted by Gasteiger charge is 2.23. The van der Waals surface area contributed by atoms with Gasteiger partial charge in [-0.15, -0.1) is 0 Å². The van der Waals surface area contributed by atoms with E-state index in [1.54, 1.807) is 49.4 Å². The van der Waals surface area contributed by atoms with Crippen LogP contribution in [0.2, 0.25) is 10.0 Å². The number of rotatable bonds is 6. The highest BCUT2D eigenvalue weighted by molar-refractivity contribution is 6.35. The van der Waals surface area contributed by atoms with Gasteiger partial charge in [0, 0.05) is 10.0 Å². The Balaban J connectivity index is 2.01. The highest BCUT2D eigenvalue weighted by Crippen LogP contribution is 2.26. The van der Waals surface area contributed by atoms with Gasteiger partial charge in [0.1, 0.15) is 11.3 Å². The summed E-state index contributed by atoms with van der Waals surface area (Å²) in [5.41, 5.74) is 0.969. The quantitative estimate of drug-likeness (QED) is 0.734. The maximum absolute atomic E-state index is 12.3. The van der Waals surface area contributed by atoms with Gasteiger partial charge in [-0.05, 0) is 43.7 Å². The number of hydrogen-bond acceptors (Lipinski definition) is 4. The normalized spacial score (nSPS) is 12.8. The molecule has 26 heavy (non-hydrogen) atoms. The van der Waals surface area contributed by atoms with E-state index in [-0.39, 0.29) is 11.6 Å². The van der Waals surface area contributed by atoms with Crippen molar-refractivity contribution < 1.29 is 19.1 Å². The Kier molecular flexibility index (Phi) is 6.89. The number of para-hydroxylation sites is 1. The van der Waals surface area contributed by atoms with E-state index in [2.05, 4.69) is 5.32 Å². The van der Waals surface area contributed by atoms with Crippen LogP contribution < -0.4 is 10.1 Å². The molecule has 1 N–H and O–H groups in total. The van der Waals surface area contributed by atoms with Crippen molar-refractivity contribution in [1.29, 1.82) is 0 Å². The van der Waals surface area contributed by atoms with E-state index in [9.17, 15) is 9.59 Å². The lowest BCUT2D eigenvalue weighted by molar-refractivity contribution is -0.129. The Labute approximate surface area is 162 Å². The van der Waals surface area contributed by atoms with Gasteiger partial charge < -0.3 is 14.8 Å². The lowest BCUT2D eigenvalue weighted by Crippen LogP contribution is -2.37. The smallest absolute Gasteiger partial charge is 0.342 e. The molecule has 0 saturated carbocycles. The van der Waals surface area contributed by atoms with Crippen molar-refractivity contribution in [2.75, 3.05) is 7.11 Å². The van der Waals surface area contributed by atoms with E-state index < -0.39 is 18.0 Å². The number of methoxy groups -OCH3 is 1. The summed E-state index contributed by atoms with van der Waals surface area (Å²) in [4.78, 5) is 24.6. The van der Waals surface area contributed by atoms with Crippen LogP contribution in [0, 0.1) is 0 Å². The van der Waals surface area contributed by atoms with Crippen molar-refractivity contribution in [3.05, 3.63) is 63.6 Å². The summed E-state index contributed by atoms with van der Waals surface area (Å²) in [5, 5.41) is 3.73. The first-order valence-corrected chi connectivity index (χ1v) is 8.68. The van der Waals surface area contributed by atoms with Gasteiger partial charge >= 0.3 is 5.97 Å². The van der Waals surface area contributed by atoms with Gasteiger partial charge in [-0.25, -0.2) is 4.79 Å². The Morgan fingerprint density at radius 1 is 1.08 bits per heavy atom. The number of benzene rings is 2. The summed E-state index contributed by atoms with van der Waals surface area (Å²) in [6, 6.07) is 11.3. The number of esters is 1. The van der Waals surface area contributed by atoms with Crippen molar-refractivity contribution in [1.82, 2.24) is 5.32 Å². The molecule has 138 valence electrons. The molecule has 0 bridgehead atoms. The molecule has 0 fully saturated rings. The zero-order chi connectivity index (χ0) is 19.3. The fraction of sp³-hybridized carbons (Fsp3) is 0.263. The zero-order valence-electron chi connectivity index (χ0n) is 14.6. The second kappa shape index (κ2) is 8.92. The molecule has 2 aromatic carbocycles. The molecule has 2 aromatic rings. The van der Waals surface area contributed by atoms with Crippen molar-refractivity contribution in [3.8, 4) is 5.75 Å². The van der Waals surface area contributed by atoms with Gasteiger partial charge in [-0.3, -0.25) is 4.79 Å². The molecule has 1 amide bonds. The van der Waals surface area contributed by atoms with Crippen LogP contribution in [0.4, 0.5) is 0 Å². The molecule has 2 atom stereocenters. The zero-order valence-corrected chi connectivity index (χ0v) is 16.1. The second-order valence-corrected chi connectivity index (χ2v) is 6.49. The molecule has 0 radical (unpaired) electrons.